The van der Waals surface area contributed by atoms with Gasteiger partial charge in [0.25, 0.3) is 0 Å². The van der Waals surface area contributed by atoms with E-state index in [9.17, 15) is 0 Å². The van der Waals surface area contributed by atoms with Crippen LogP contribution >= 0.6 is 0 Å². The molecule has 0 unspecified atom stereocenters. The maximum Gasteiger partial charge on any atom is 0.494 e. The Kier molecular flexibility index (Phi) is 3.77. The molecule has 0 amide bonds. The summed E-state index contributed by atoms with van der Waals surface area (Å²) in [6.07, 6.45) is 0. The lowest BCUT2D eigenvalue weighted by atomic mass is 9.77. The van der Waals surface area contributed by atoms with Crippen LogP contribution in [0.2, 0.25) is 0 Å². The van der Waals surface area contributed by atoms with Crippen LogP contribution < -0.4 is 5.46 Å². The highest BCUT2D eigenvalue weighted by Gasteiger charge is 2.51. The number of hydrogen-bond acceptors (Lipinski definition) is 2. The van der Waals surface area contributed by atoms with Crippen LogP contribution in [-0.2, 0) is 9.31 Å². The minimum absolute atomic E-state index is 0.00730. The SMILES string of the molecule is [2H]c1c([2H])c(B2OC(C)(C)C(C)(C)O2)c([2H])c(-c2ccc(-c3ccccc3)c3ccccc23)c1[2H]. The van der Waals surface area contributed by atoms with E-state index in [4.69, 9.17) is 14.8 Å². The molecular weight excluding hydrogens is 379 g/mol. The molecule has 0 spiro atoms. The van der Waals surface area contributed by atoms with Gasteiger partial charge in [-0.3, -0.25) is 0 Å². The van der Waals surface area contributed by atoms with E-state index in [1.54, 1.807) is 0 Å². The highest BCUT2D eigenvalue weighted by Crippen LogP contribution is 2.38. The van der Waals surface area contributed by atoms with Gasteiger partial charge in [0, 0.05) is 0 Å². The summed E-state index contributed by atoms with van der Waals surface area (Å²) in [7, 11) is -0.960. The summed E-state index contributed by atoms with van der Waals surface area (Å²) < 4.78 is 47.3. The van der Waals surface area contributed by atoms with Crippen LogP contribution in [0, 0.1) is 0 Å². The fourth-order valence-electron chi connectivity index (χ4n) is 3.96. The Morgan fingerprint density at radius 3 is 1.84 bits per heavy atom. The Balaban J connectivity index is 1.76. The molecule has 4 aromatic carbocycles. The number of benzene rings is 4. The van der Waals surface area contributed by atoms with E-state index in [0.29, 0.717) is 11.1 Å². The van der Waals surface area contributed by atoms with Crippen molar-refractivity contribution >= 4 is 23.4 Å². The smallest absolute Gasteiger partial charge is 0.399 e. The summed E-state index contributed by atoms with van der Waals surface area (Å²) in [5.74, 6) is 0. The zero-order chi connectivity index (χ0) is 25.1. The molecule has 0 N–H and O–H groups in total. The van der Waals surface area contributed by atoms with Crippen LogP contribution in [-0.4, -0.2) is 18.3 Å². The van der Waals surface area contributed by atoms with Gasteiger partial charge in [0.05, 0.1) is 16.7 Å². The van der Waals surface area contributed by atoms with Crippen LogP contribution in [0.25, 0.3) is 33.0 Å². The first-order valence-corrected chi connectivity index (χ1v) is 10.6. The largest absolute Gasteiger partial charge is 0.494 e. The first-order chi connectivity index (χ1) is 16.5. The second kappa shape index (κ2) is 7.37. The minimum Gasteiger partial charge on any atom is -0.399 e. The molecule has 1 fully saturated rings. The lowest BCUT2D eigenvalue weighted by Crippen LogP contribution is -2.41. The summed E-state index contributed by atoms with van der Waals surface area (Å²) in [4.78, 5) is 0. The number of fused-ring (bicyclic) bond motifs is 1. The van der Waals surface area contributed by atoms with E-state index >= 15 is 0 Å². The molecule has 1 aliphatic heterocycles. The minimum atomic E-state index is -0.960. The molecule has 0 atom stereocenters. The third kappa shape index (κ3) is 3.48. The quantitative estimate of drug-likeness (QED) is 0.360. The van der Waals surface area contributed by atoms with Crippen molar-refractivity contribution in [1.29, 1.82) is 0 Å². The molecule has 4 aromatic rings. The van der Waals surface area contributed by atoms with E-state index in [2.05, 4.69) is 12.1 Å². The second-order valence-electron chi connectivity index (χ2n) is 8.95. The van der Waals surface area contributed by atoms with E-state index in [-0.39, 0.29) is 29.6 Å². The first-order valence-electron chi connectivity index (χ1n) is 12.6. The van der Waals surface area contributed by atoms with Crippen molar-refractivity contribution in [2.45, 2.75) is 38.9 Å². The van der Waals surface area contributed by atoms with Gasteiger partial charge < -0.3 is 9.31 Å². The van der Waals surface area contributed by atoms with Gasteiger partial charge in [0.15, 0.2) is 0 Å². The fraction of sp³-hybridized carbons (Fsp3) is 0.214. The Labute approximate surface area is 190 Å². The monoisotopic (exact) mass is 410 g/mol. The van der Waals surface area contributed by atoms with Gasteiger partial charge in [-0.15, -0.1) is 0 Å². The van der Waals surface area contributed by atoms with Crippen molar-refractivity contribution in [3.63, 3.8) is 0 Å². The highest BCUT2D eigenvalue weighted by atomic mass is 16.7. The molecule has 0 aliphatic carbocycles. The van der Waals surface area contributed by atoms with Gasteiger partial charge in [0.1, 0.15) is 0 Å². The zero-order valence-corrected chi connectivity index (χ0v) is 18.2. The summed E-state index contributed by atoms with van der Waals surface area (Å²) in [5.41, 5.74) is 2.01. The predicted molar refractivity (Wildman–Crippen MR) is 131 cm³/mol. The molecule has 154 valence electrons. The van der Waals surface area contributed by atoms with Crippen LogP contribution in [0.5, 0.6) is 0 Å². The molecule has 0 saturated carbocycles. The molecule has 2 nitrogen and oxygen atoms in total. The highest BCUT2D eigenvalue weighted by molar-refractivity contribution is 6.62. The van der Waals surface area contributed by atoms with Crippen LogP contribution in [0.4, 0.5) is 0 Å². The molecular formula is C28H27BO2. The van der Waals surface area contributed by atoms with Crippen molar-refractivity contribution in [2.24, 2.45) is 0 Å². The average Bonchev–Trinajstić information content (AvgIpc) is 3.04. The molecule has 1 heterocycles. The van der Waals surface area contributed by atoms with Gasteiger partial charge >= 0.3 is 7.12 Å². The molecule has 1 saturated heterocycles. The van der Waals surface area contributed by atoms with Crippen LogP contribution in [0.1, 0.15) is 33.2 Å². The van der Waals surface area contributed by atoms with Gasteiger partial charge in [0.2, 0.25) is 0 Å². The lowest BCUT2D eigenvalue weighted by molar-refractivity contribution is 0.00578. The summed E-state index contributed by atoms with van der Waals surface area (Å²) in [5, 5.41) is 1.88. The second-order valence-corrected chi connectivity index (χ2v) is 8.95. The Morgan fingerprint density at radius 2 is 1.23 bits per heavy atom. The van der Waals surface area contributed by atoms with Crippen molar-refractivity contribution in [2.75, 3.05) is 0 Å². The maximum absolute atomic E-state index is 9.10. The molecule has 5 rings (SSSR count). The molecule has 31 heavy (non-hydrogen) atoms. The van der Waals surface area contributed by atoms with E-state index in [1.807, 2.05) is 82.3 Å². The number of hydrogen-bond donors (Lipinski definition) is 0. The fourth-order valence-corrected chi connectivity index (χ4v) is 3.96. The summed E-state index contributed by atoms with van der Waals surface area (Å²) >= 11 is 0. The van der Waals surface area contributed by atoms with Gasteiger partial charge in [-0.05, 0) is 66.2 Å². The Bertz CT molecular complexity index is 1440. The Morgan fingerprint density at radius 1 is 0.677 bits per heavy atom. The zero-order valence-electron chi connectivity index (χ0n) is 22.2. The molecule has 0 bridgehead atoms. The normalized spacial score (nSPS) is 19.0. The molecule has 0 radical (unpaired) electrons. The Hall–Kier alpha value is -2.88. The summed E-state index contributed by atoms with van der Waals surface area (Å²) in [6, 6.07) is 21.3. The maximum atomic E-state index is 9.10. The van der Waals surface area contributed by atoms with E-state index < -0.39 is 18.3 Å². The first kappa shape index (κ1) is 15.9. The van der Waals surface area contributed by atoms with Crippen molar-refractivity contribution in [3.8, 4) is 22.3 Å². The molecule has 0 aromatic heterocycles. The number of rotatable bonds is 3. The predicted octanol–water partition coefficient (Wildman–Crippen LogP) is 6.47. The van der Waals surface area contributed by atoms with Crippen molar-refractivity contribution in [1.82, 2.24) is 0 Å². The third-order valence-electron chi connectivity index (χ3n) is 6.41. The van der Waals surface area contributed by atoms with Crippen LogP contribution in [0.15, 0.2) is 90.9 Å². The van der Waals surface area contributed by atoms with Gasteiger partial charge in [-0.25, -0.2) is 0 Å². The van der Waals surface area contributed by atoms with Crippen LogP contribution in [0.3, 0.4) is 0 Å². The average molecular weight is 410 g/mol. The standard InChI is InChI=1S/C28H27BO2/c1-27(2)28(3,4)31-29(30-27)22-14-10-13-21(19-22)24-18-17-23(20-11-6-5-7-12-20)25-15-8-9-16-26(24)25/h5-19H,1-4H3/i10D,13D,14D,19D. The lowest BCUT2D eigenvalue weighted by Gasteiger charge is -2.32. The topological polar surface area (TPSA) is 18.5 Å². The van der Waals surface area contributed by atoms with Gasteiger partial charge in [-0.2, -0.15) is 0 Å². The third-order valence-corrected chi connectivity index (χ3v) is 6.41. The van der Waals surface area contributed by atoms with E-state index in [0.717, 1.165) is 21.9 Å². The summed E-state index contributed by atoms with van der Waals surface area (Å²) in [6.45, 7) is 7.66. The molecule has 3 heteroatoms. The van der Waals surface area contributed by atoms with Crippen molar-refractivity contribution < 1.29 is 14.8 Å². The molecule has 1 aliphatic rings. The van der Waals surface area contributed by atoms with E-state index in [1.165, 1.54) is 0 Å². The van der Waals surface area contributed by atoms with Crippen molar-refractivity contribution in [3.05, 3.63) is 90.9 Å². The van der Waals surface area contributed by atoms with Gasteiger partial charge in [-0.1, -0.05) is 90.9 Å².